The summed E-state index contributed by atoms with van der Waals surface area (Å²) in [5.74, 6) is -0.653. The number of nitrogens with one attached hydrogen (secondary N) is 2. The second-order valence-electron chi connectivity index (χ2n) is 8.79. The van der Waals surface area contributed by atoms with Crippen LogP contribution in [0.3, 0.4) is 0 Å². The van der Waals surface area contributed by atoms with Crippen molar-refractivity contribution >= 4 is 29.3 Å². The Hall–Kier alpha value is -4.63. The van der Waals surface area contributed by atoms with Crippen molar-refractivity contribution in [3.8, 4) is 5.75 Å². The van der Waals surface area contributed by atoms with Crippen LogP contribution >= 0.6 is 0 Å². The van der Waals surface area contributed by atoms with Crippen molar-refractivity contribution < 1.29 is 29.0 Å². The molecule has 0 fully saturated rings. The summed E-state index contributed by atoms with van der Waals surface area (Å²) < 4.78 is 11.4. The van der Waals surface area contributed by atoms with Crippen molar-refractivity contribution in [2.24, 2.45) is 5.92 Å². The van der Waals surface area contributed by atoms with E-state index < -0.39 is 18.1 Å². The summed E-state index contributed by atoms with van der Waals surface area (Å²) in [5.41, 5.74) is 7.79. The molecule has 3 aromatic rings. The highest BCUT2D eigenvalue weighted by molar-refractivity contribution is 6.03. The molecule has 0 bridgehead atoms. The molecule has 0 radical (unpaired) electrons. The Morgan fingerprint density at radius 3 is 2.41 bits per heavy atom. The molecule has 0 aliphatic carbocycles. The summed E-state index contributed by atoms with van der Waals surface area (Å²) >= 11 is 0. The number of hydrogen-bond acceptors (Lipinski definition) is 7. The first-order chi connectivity index (χ1) is 18.9. The van der Waals surface area contributed by atoms with Gasteiger partial charge in [0.05, 0.1) is 18.0 Å². The van der Waals surface area contributed by atoms with E-state index in [-0.39, 0.29) is 25.0 Å². The van der Waals surface area contributed by atoms with Crippen LogP contribution in [0.25, 0.3) is 0 Å². The minimum Gasteiger partial charge on any atom is -0.491 e. The molecule has 2 atom stereocenters. The van der Waals surface area contributed by atoms with E-state index in [1.807, 2.05) is 6.92 Å². The molecule has 0 unspecified atom stereocenters. The number of carbonyl (C=O) groups is 3. The van der Waals surface area contributed by atoms with Crippen LogP contribution in [0, 0.1) is 5.92 Å². The third-order valence-electron chi connectivity index (χ3n) is 5.85. The van der Waals surface area contributed by atoms with Crippen molar-refractivity contribution in [1.29, 1.82) is 0 Å². The molecule has 0 aliphatic rings. The van der Waals surface area contributed by atoms with Crippen LogP contribution in [-0.4, -0.2) is 36.2 Å². The Labute approximate surface area is 227 Å². The molecule has 0 saturated carbocycles. The number of nitrogens with two attached hydrogens (primary N) is 1. The van der Waals surface area contributed by atoms with Crippen LogP contribution in [0.4, 0.5) is 16.2 Å². The Morgan fingerprint density at radius 1 is 0.974 bits per heavy atom. The molecule has 9 heteroatoms. The third kappa shape index (κ3) is 9.01. The number of aliphatic hydroxyl groups excluding tert-OH is 1. The number of benzene rings is 3. The van der Waals surface area contributed by atoms with Gasteiger partial charge in [0.15, 0.2) is 0 Å². The fraction of sp³-hybridized carbons (Fsp3) is 0.233. The van der Waals surface area contributed by atoms with Gasteiger partial charge in [0.25, 0.3) is 5.91 Å². The van der Waals surface area contributed by atoms with Gasteiger partial charge in [-0.05, 0) is 55.2 Å². The van der Waals surface area contributed by atoms with E-state index in [0.717, 1.165) is 0 Å². The number of allylic oxidation sites excluding steroid dienone is 1. The smallest absolute Gasteiger partial charge is 0.414 e. The second-order valence-corrected chi connectivity index (χ2v) is 8.79. The first-order valence-electron chi connectivity index (χ1n) is 12.6. The Morgan fingerprint density at radius 2 is 1.67 bits per heavy atom. The molecular formula is C30H33N3O6. The van der Waals surface area contributed by atoms with E-state index in [1.54, 1.807) is 84.9 Å². The molecule has 0 saturated heterocycles. The van der Waals surface area contributed by atoms with E-state index in [2.05, 4.69) is 10.6 Å². The zero-order chi connectivity index (χ0) is 28.0. The zero-order valence-corrected chi connectivity index (χ0v) is 21.7. The summed E-state index contributed by atoms with van der Waals surface area (Å²) in [6, 6.07) is 22.4. The van der Waals surface area contributed by atoms with Gasteiger partial charge in [-0.2, -0.15) is 0 Å². The first kappa shape index (κ1) is 28.9. The Bertz CT molecular complexity index is 1280. The van der Waals surface area contributed by atoms with Crippen molar-refractivity contribution in [3.63, 3.8) is 0 Å². The predicted octanol–water partition coefficient (Wildman–Crippen LogP) is 4.86. The van der Waals surface area contributed by atoms with Crippen LogP contribution in [0.5, 0.6) is 5.75 Å². The van der Waals surface area contributed by atoms with Crippen LogP contribution in [-0.2, 0) is 9.53 Å². The molecule has 5 N–H and O–H groups in total. The van der Waals surface area contributed by atoms with Gasteiger partial charge in [-0.1, -0.05) is 61.5 Å². The number of anilines is 2. The van der Waals surface area contributed by atoms with E-state index in [4.69, 9.17) is 15.2 Å². The SMILES string of the molecule is C[C@H](CC/C=C/C(=O)Nc1ccccc1N)[C@@H](OC(=O)NC(=O)c1ccccc1)c1ccccc1OCCO. The fourth-order valence-electron chi connectivity index (χ4n) is 3.87. The summed E-state index contributed by atoms with van der Waals surface area (Å²) in [6.45, 7) is 1.79. The third-order valence-corrected chi connectivity index (χ3v) is 5.85. The van der Waals surface area contributed by atoms with Gasteiger partial charge >= 0.3 is 6.09 Å². The lowest BCUT2D eigenvalue weighted by molar-refractivity contribution is -0.111. The number of alkyl carbamates (subject to hydrolysis) is 1. The molecule has 0 aliphatic heterocycles. The molecule has 3 aromatic carbocycles. The maximum Gasteiger partial charge on any atom is 0.414 e. The van der Waals surface area contributed by atoms with E-state index in [1.165, 1.54) is 6.08 Å². The number of para-hydroxylation sites is 3. The van der Waals surface area contributed by atoms with Gasteiger partial charge in [0, 0.05) is 11.1 Å². The standard InChI is InChI=1S/C30H33N3O6/c1-21(11-5-10-18-27(35)32-25-16-8-7-15-24(25)31)28(23-14-6-9-17-26(23)38-20-19-34)39-30(37)33-29(36)22-12-3-2-4-13-22/h2-4,6-10,12-18,21,28,34H,5,11,19-20,31H2,1H3,(H,32,35)(H,33,36,37)/b18-10+/t21-,28-/m1/s1. The van der Waals surface area contributed by atoms with E-state index in [0.29, 0.717) is 41.1 Å². The summed E-state index contributed by atoms with van der Waals surface area (Å²) in [4.78, 5) is 37.5. The quantitative estimate of drug-likeness (QED) is 0.193. The first-order valence-corrected chi connectivity index (χ1v) is 12.6. The minimum absolute atomic E-state index is 0.0700. The lowest BCUT2D eigenvalue weighted by atomic mass is 9.92. The van der Waals surface area contributed by atoms with Crippen molar-refractivity contribution in [2.45, 2.75) is 25.9 Å². The average molecular weight is 532 g/mol. The van der Waals surface area contributed by atoms with Gasteiger partial charge in [0.2, 0.25) is 5.91 Å². The van der Waals surface area contributed by atoms with Crippen molar-refractivity contribution in [3.05, 3.63) is 102 Å². The monoisotopic (exact) mass is 531 g/mol. The summed E-state index contributed by atoms with van der Waals surface area (Å²) in [5, 5.41) is 14.2. The summed E-state index contributed by atoms with van der Waals surface area (Å²) in [6.07, 6.45) is 2.57. The number of imide groups is 1. The Balaban J connectivity index is 1.68. The van der Waals surface area contributed by atoms with Gasteiger partial charge in [-0.3, -0.25) is 14.9 Å². The molecule has 9 nitrogen and oxygen atoms in total. The largest absolute Gasteiger partial charge is 0.491 e. The van der Waals surface area contributed by atoms with Crippen LogP contribution < -0.4 is 21.1 Å². The van der Waals surface area contributed by atoms with Crippen molar-refractivity contribution in [2.75, 3.05) is 24.3 Å². The number of rotatable bonds is 12. The average Bonchev–Trinajstić information content (AvgIpc) is 2.94. The van der Waals surface area contributed by atoms with Gasteiger partial charge in [-0.15, -0.1) is 0 Å². The molecule has 0 heterocycles. The highest BCUT2D eigenvalue weighted by Crippen LogP contribution is 2.35. The van der Waals surface area contributed by atoms with Crippen molar-refractivity contribution in [1.82, 2.24) is 5.32 Å². The lowest BCUT2D eigenvalue weighted by Gasteiger charge is -2.26. The number of nitrogen functional groups attached to an aromatic ring is 1. The number of ether oxygens (including phenoxy) is 2. The maximum atomic E-state index is 12.7. The summed E-state index contributed by atoms with van der Waals surface area (Å²) in [7, 11) is 0. The minimum atomic E-state index is -0.895. The topological polar surface area (TPSA) is 140 Å². The molecule has 0 spiro atoms. The van der Waals surface area contributed by atoms with Gasteiger partial charge < -0.3 is 25.6 Å². The lowest BCUT2D eigenvalue weighted by Crippen LogP contribution is -2.33. The molecule has 0 aromatic heterocycles. The van der Waals surface area contributed by atoms with E-state index >= 15 is 0 Å². The molecule has 204 valence electrons. The number of hydrogen-bond donors (Lipinski definition) is 4. The molecule has 3 rings (SSSR count). The normalized spacial score (nSPS) is 12.4. The maximum absolute atomic E-state index is 12.7. The predicted molar refractivity (Wildman–Crippen MR) is 149 cm³/mol. The van der Waals surface area contributed by atoms with Gasteiger partial charge in [0.1, 0.15) is 18.5 Å². The second kappa shape index (κ2) is 14.9. The van der Waals surface area contributed by atoms with Crippen LogP contribution in [0.1, 0.15) is 41.8 Å². The number of carbonyl (C=O) groups excluding carboxylic acids is 3. The van der Waals surface area contributed by atoms with Crippen LogP contribution in [0.15, 0.2) is 91.0 Å². The van der Waals surface area contributed by atoms with Gasteiger partial charge in [-0.25, -0.2) is 4.79 Å². The zero-order valence-electron chi connectivity index (χ0n) is 21.7. The molecule has 3 amide bonds. The molecular weight excluding hydrogens is 498 g/mol. The van der Waals surface area contributed by atoms with E-state index in [9.17, 15) is 19.5 Å². The molecule has 39 heavy (non-hydrogen) atoms. The van der Waals surface area contributed by atoms with Crippen LogP contribution in [0.2, 0.25) is 0 Å². The number of aliphatic hydroxyl groups is 1. The highest BCUT2D eigenvalue weighted by Gasteiger charge is 2.27. The Kier molecular flexibility index (Phi) is 11.1. The highest BCUT2D eigenvalue weighted by atomic mass is 16.6. The fourth-order valence-corrected chi connectivity index (χ4v) is 3.87. The number of amides is 3.